The molecular weight excluding hydrogens is 220 g/mol. The van der Waals surface area contributed by atoms with Gasteiger partial charge in [0.1, 0.15) is 6.10 Å². The number of hydrogen-bond donors (Lipinski definition) is 3. The second-order valence-electron chi connectivity index (χ2n) is 3.16. The minimum atomic E-state index is -1.60. The SMILES string of the molecule is [N-]=[N+]=NC[C@@H]1O[C@@H](O)[C@@H](O)[C@@H](N=[N+]=[N-])[C@H]1O. The van der Waals surface area contributed by atoms with Crippen LogP contribution in [0.1, 0.15) is 0 Å². The van der Waals surface area contributed by atoms with Crippen molar-refractivity contribution < 1.29 is 20.1 Å². The molecule has 1 saturated heterocycles. The molecule has 1 rings (SSSR count). The lowest BCUT2D eigenvalue weighted by atomic mass is 9.97. The van der Waals surface area contributed by atoms with Crippen molar-refractivity contribution in [2.75, 3.05) is 6.54 Å². The van der Waals surface area contributed by atoms with Gasteiger partial charge < -0.3 is 20.1 Å². The van der Waals surface area contributed by atoms with Crippen molar-refractivity contribution in [3.05, 3.63) is 20.9 Å². The summed E-state index contributed by atoms with van der Waals surface area (Å²) in [6.45, 7) is -0.237. The number of ether oxygens (including phenoxy) is 1. The highest BCUT2D eigenvalue weighted by Crippen LogP contribution is 2.22. The number of hydrogen-bond acceptors (Lipinski definition) is 6. The van der Waals surface area contributed by atoms with Crippen LogP contribution in [0.4, 0.5) is 0 Å². The molecule has 0 aliphatic carbocycles. The second kappa shape index (κ2) is 5.52. The van der Waals surface area contributed by atoms with E-state index in [1.54, 1.807) is 0 Å². The van der Waals surface area contributed by atoms with Gasteiger partial charge >= 0.3 is 0 Å². The van der Waals surface area contributed by atoms with E-state index in [9.17, 15) is 15.3 Å². The smallest absolute Gasteiger partial charge is 0.181 e. The molecule has 0 amide bonds. The summed E-state index contributed by atoms with van der Waals surface area (Å²) in [5.74, 6) is 0. The zero-order chi connectivity index (χ0) is 12.1. The Kier molecular flexibility index (Phi) is 4.32. The normalized spacial score (nSPS) is 38.3. The maximum Gasteiger partial charge on any atom is 0.181 e. The first-order valence-corrected chi connectivity index (χ1v) is 4.36. The zero-order valence-corrected chi connectivity index (χ0v) is 8.03. The molecular formula is C6H10N6O4. The Labute approximate surface area is 89.3 Å². The Morgan fingerprint density at radius 2 is 1.81 bits per heavy atom. The molecule has 0 aromatic carbocycles. The molecule has 5 atom stereocenters. The summed E-state index contributed by atoms with van der Waals surface area (Å²) in [5, 5.41) is 34.6. The summed E-state index contributed by atoms with van der Waals surface area (Å²) in [6.07, 6.45) is -5.49. The van der Waals surface area contributed by atoms with Gasteiger partial charge in [0.25, 0.3) is 0 Å². The fraction of sp³-hybridized carbons (Fsp3) is 1.00. The molecule has 0 unspecified atom stereocenters. The summed E-state index contributed by atoms with van der Waals surface area (Å²) >= 11 is 0. The highest BCUT2D eigenvalue weighted by atomic mass is 16.6. The molecule has 10 nitrogen and oxygen atoms in total. The summed E-state index contributed by atoms with van der Waals surface area (Å²) in [5.41, 5.74) is 16.3. The van der Waals surface area contributed by atoms with Gasteiger partial charge in [0.15, 0.2) is 6.29 Å². The first-order valence-electron chi connectivity index (χ1n) is 4.36. The van der Waals surface area contributed by atoms with Gasteiger partial charge in [0.2, 0.25) is 0 Å². The van der Waals surface area contributed by atoms with E-state index in [-0.39, 0.29) is 6.54 Å². The molecule has 0 saturated carbocycles. The number of azide groups is 2. The lowest BCUT2D eigenvalue weighted by Crippen LogP contribution is -2.57. The van der Waals surface area contributed by atoms with Crippen LogP contribution >= 0.6 is 0 Å². The number of aliphatic hydroxyl groups is 3. The molecule has 1 aliphatic rings. The van der Waals surface area contributed by atoms with E-state index < -0.39 is 30.6 Å². The Hall–Kier alpha value is -1.54. The van der Waals surface area contributed by atoms with Crippen LogP contribution in [0, 0.1) is 0 Å². The number of rotatable bonds is 3. The van der Waals surface area contributed by atoms with Crippen molar-refractivity contribution in [2.45, 2.75) is 30.6 Å². The lowest BCUT2D eigenvalue weighted by molar-refractivity contribution is -0.249. The van der Waals surface area contributed by atoms with Crippen LogP contribution in [-0.4, -0.2) is 52.5 Å². The first-order chi connectivity index (χ1) is 7.61. The van der Waals surface area contributed by atoms with Crippen LogP contribution in [0.5, 0.6) is 0 Å². The van der Waals surface area contributed by atoms with E-state index in [0.717, 1.165) is 0 Å². The average molecular weight is 230 g/mol. The van der Waals surface area contributed by atoms with Gasteiger partial charge in [-0.1, -0.05) is 10.2 Å². The molecule has 0 radical (unpaired) electrons. The molecule has 1 aliphatic heterocycles. The van der Waals surface area contributed by atoms with Crippen molar-refractivity contribution >= 4 is 0 Å². The maximum atomic E-state index is 9.63. The van der Waals surface area contributed by atoms with Crippen molar-refractivity contribution in [3.8, 4) is 0 Å². The van der Waals surface area contributed by atoms with Crippen LogP contribution < -0.4 is 0 Å². The monoisotopic (exact) mass is 230 g/mol. The second-order valence-corrected chi connectivity index (χ2v) is 3.16. The summed E-state index contributed by atoms with van der Waals surface area (Å²) in [6, 6.07) is -1.24. The van der Waals surface area contributed by atoms with Crippen molar-refractivity contribution in [1.29, 1.82) is 0 Å². The van der Waals surface area contributed by atoms with Crippen LogP contribution in [-0.2, 0) is 4.74 Å². The van der Waals surface area contributed by atoms with Gasteiger partial charge in [-0.3, -0.25) is 0 Å². The van der Waals surface area contributed by atoms with Crippen molar-refractivity contribution in [1.82, 2.24) is 0 Å². The predicted octanol–water partition coefficient (Wildman–Crippen LogP) is -0.585. The quantitative estimate of drug-likeness (QED) is 0.335. The molecule has 0 bridgehead atoms. The fourth-order valence-corrected chi connectivity index (χ4v) is 1.39. The molecule has 16 heavy (non-hydrogen) atoms. The van der Waals surface area contributed by atoms with Gasteiger partial charge in [-0.2, -0.15) is 0 Å². The lowest BCUT2D eigenvalue weighted by Gasteiger charge is -2.38. The molecule has 0 aromatic rings. The molecule has 0 aromatic heterocycles. The first kappa shape index (κ1) is 12.5. The van der Waals surface area contributed by atoms with Crippen LogP contribution in [0.2, 0.25) is 0 Å². The predicted molar refractivity (Wildman–Crippen MR) is 49.8 cm³/mol. The molecule has 3 N–H and O–H groups in total. The summed E-state index contributed by atoms with van der Waals surface area (Å²) in [7, 11) is 0. The molecule has 1 fully saturated rings. The van der Waals surface area contributed by atoms with Crippen LogP contribution in [0.15, 0.2) is 10.2 Å². The molecule has 0 spiro atoms. The zero-order valence-electron chi connectivity index (χ0n) is 8.03. The molecule has 88 valence electrons. The van der Waals surface area contributed by atoms with E-state index in [2.05, 4.69) is 20.1 Å². The Bertz CT molecular complexity index is 338. The minimum absolute atomic E-state index is 0.237. The highest BCUT2D eigenvalue weighted by Gasteiger charge is 2.43. The average Bonchev–Trinajstić information content (AvgIpc) is 2.27. The van der Waals surface area contributed by atoms with Crippen molar-refractivity contribution in [2.24, 2.45) is 10.2 Å². The Morgan fingerprint density at radius 3 is 2.38 bits per heavy atom. The van der Waals surface area contributed by atoms with Gasteiger partial charge in [-0.05, 0) is 11.1 Å². The van der Waals surface area contributed by atoms with Gasteiger partial charge in [-0.25, -0.2) is 0 Å². The Morgan fingerprint density at radius 1 is 1.12 bits per heavy atom. The largest absolute Gasteiger partial charge is 0.390 e. The Balaban J connectivity index is 2.83. The maximum absolute atomic E-state index is 9.63. The third-order valence-corrected chi connectivity index (χ3v) is 2.20. The van der Waals surface area contributed by atoms with E-state index in [1.807, 2.05) is 0 Å². The number of nitrogens with zero attached hydrogens (tertiary/aromatic N) is 6. The fourth-order valence-electron chi connectivity index (χ4n) is 1.39. The van der Waals surface area contributed by atoms with Crippen molar-refractivity contribution in [3.63, 3.8) is 0 Å². The van der Waals surface area contributed by atoms with E-state index in [4.69, 9.17) is 15.8 Å². The van der Waals surface area contributed by atoms with Gasteiger partial charge in [-0.15, -0.1) is 0 Å². The van der Waals surface area contributed by atoms with Gasteiger partial charge in [0, 0.05) is 9.82 Å². The van der Waals surface area contributed by atoms with E-state index in [1.165, 1.54) is 0 Å². The summed E-state index contributed by atoms with van der Waals surface area (Å²) < 4.78 is 4.80. The van der Waals surface area contributed by atoms with Crippen LogP contribution in [0.25, 0.3) is 20.9 Å². The topological polar surface area (TPSA) is 167 Å². The van der Waals surface area contributed by atoms with E-state index >= 15 is 0 Å². The minimum Gasteiger partial charge on any atom is -0.390 e. The van der Waals surface area contributed by atoms with Crippen LogP contribution in [0.3, 0.4) is 0 Å². The molecule has 10 heteroatoms. The standard InChI is InChI=1S/C6H10N6O4/c7-11-9-1-2-4(13)3(10-12-8)5(14)6(15)16-2/h2-6,13-15H,1H2/t2-,3-,4-,5-,6+/m0/s1. The third kappa shape index (κ3) is 2.52. The summed E-state index contributed by atoms with van der Waals surface area (Å²) in [4.78, 5) is 4.91. The van der Waals surface area contributed by atoms with E-state index in [0.29, 0.717) is 0 Å². The van der Waals surface area contributed by atoms with Gasteiger partial charge in [0.05, 0.1) is 24.8 Å². The number of aliphatic hydroxyl groups excluding tert-OH is 3. The molecule has 1 heterocycles. The highest BCUT2D eigenvalue weighted by molar-refractivity contribution is 4.94. The third-order valence-electron chi connectivity index (χ3n) is 2.20.